The van der Waals surface area contributed by atoms with Gasteiger partial charge in [-0.15, -0.1) is 0 Å². The van der Waals surface area contributed by atoms with E-state index in [0.717, 1.165) is 36.0 Å². The maximum atomic E-state index is 4.61. The molecule has 0 bridgehead atoms. The first-order chi connectivity index (χ1) is 13.5. The molecule has 0 aliphatic rings. The van der Waals surface area contributed by atoms with Crippen molar-refractivity contribution in [3.63, 3.8) is 0 Å². The van der Waals surface area contributed by atoms with Crippen molar-refractivity contribution in [2.45, 2.75) is 13.8 Å². The van der Waals surface area contributed by atoms with E-state index in [1.165, 1.54) is 5.56 Å². The van der Waals surface area contributed by atoms with Crippen LogP contribution in [0.5, 0.6) is 0 Å². The molecule has 0 saturated heterocycles. The summed E-state index contributed by atoms with van der Waals surface area (Å²) in [6.07, 6.45) is 3.93. The molecule has 3 aromatic rings. The van der Waals surface area contributed by atoms with Crippen molar-refractivity contribution >= 4 is 29.6 Å². The monoisotopic (exact) mass is 377 g/mol. The quantitative estimate of drug-likeness (QED) is 0.555. The number of hydrogen-bond acceptors (Lipinski definition) is 6. The van der Waals surface area contributed by atoms with Crippen molar-refractivity contribution in [2.75, 3.05) is 37.8 Å². The third-order valence-corrected chi connectivity index (χ3v) is 4.07. The van der Waals surface area contributed by atoms with Crippen LogP contribution in [0.1, 0.15) is 22.6 Å². The number of nitrogens with zero attached hydrogens (tertiary/aromatic N) is 4. The Labute approximate surface area is 165 Å². The SMILES string of the molecule is Cc1ccc(/C=C/c2nc(NCCN(C)C)cc(Nc3cc(C)[nH]n3)n2)cc1. The molecule has 0 saturated carbocycles. The van der Waals surface area contributed by atoms with Crippen molar-refractivity contribution in [3.05, 3.63) is 59.0 Å². The van der Waals surface area contributed by atoms with Gasteiger partial charge in [0.15, 0.2) is 11.6 Å². The van der Waals surface area contributed by atoms with Gasteiger partial charge in [0.25, 0.3) is 0 Å². The fourth-order valence-corrected chi connectivity index (χ4v) is 2.56. The fourth-order valence-electron chi connectivity index (χ4n) is 2.56. The van der Waals surface area contributed by atoms with E-state index >= 15 is 0 Å². The van der Waals surface area contributed by atoms with Crippen LogP contribution in [-0.2, 0) is 0 Å². The number of aromatic nitrogens is 4. The summed E-state index contributed by atoms with van der Waals surface area (Å²) in [5.74, 6) is 2.82. The Kier molecular flexibility index (Phi) is 6.39. The van der Waals surface area contributed by atoms with Gasteiger partial charge in [0.2, 0.25) is 0 Å². The third-order valence-electron chi connectivity index (χ3n) is 4.07. The van der Waals surface area contributed by atoms with Gasteiger partial charge >= 0.3 is 0 Å². The first-order valence-corrected chi connectivity index (χ1v) is 9.29. The largest absolute Gasteiger partial charge is 0.369 e. The van der Waals surface area contributed by atoms with Gasteiger partial charge in [-0.1, -0.05) is 35.9 Å². The van der Waals surface area contributed by atoms with E-state index in [2.05, 4.69) is 66.9 Å². The summed E-state index contributed by atoms with van der Waals surface area (Å²) in [6.45, 7) is 5.75. The summed E-state index contributed by atoms with van der Waals surface area (Å²) in [7, 11) is 4.09. The molecule has 0 unspecified atom stereocenters. The molecule has 7 nitrogen and oxygen atoms in total. The zero-order chi connectivity index (χ0) is 19.9. The molecule has 146 valence electrons. The maximum absolute atomic E-state index is 4.61. The Morgan fingerprint density at radius 3 is 2.39 bits per heavy atom. The van der Waals surface area contributed by atoms with E-state index in [1.807, 2.05) is 45.3 Å². The highest BCUT2D eigenvalue weighted by Crippen LogP contribution is 2.18. The van der Waals surface area contributed by atoms with Gasteiger partial charge < -0.3 is 15.5 Å². The van der Waals surface area contributed by atoms with Gasteiger partial charge in [-0.05, 0) is 39.6 Å². The van der Waals surface area contributed by atoms with Crippen LogP contribution < -0.4 is 10.6 Å². The number of benzene rings is 1. The van der Waals surface area contributed by atoms with Gasteiger partial charge in [-0.2, -0.15) is 5.10 Å². The number of likely N-dealkylation sites (N-methyl/N-ethyl adjacent to an activating group) is 1. The molecule has 28 heavy (non-hydrogen) atoms. The lowest BCUT2D eigenvalue weighted by molar-refractivity contribution is 0.425. The standard InChI is InChI=1S/C21H27N7/c1-15-5-7-17(8-6-15)9-10-18-23-19(22-11-12-28(3)4)14-20(24-18)25-21-13-16(2)26-27-21/h5-10,13-14H,11-12H2,1-4H3,(H3,22,23,24,25,26,27)/b10-9+. The number of hydrogen-bond donors (Lipinski definition) is 3. The average molecular weight is 377 g/mol. The first kappa shape index (κ1) is 19.6. The number of nitrogens with one attached hydrogen (secondary N) is 3. The summed E-state index contributed by atoms with van der Waals surface area (Å²) in [5, 5.41) is 13.7. The molecule has 1 aromatic carbocycles. The average Bonchev–Trinajstić information content (AvgIpc) is 3.05. The van der Waals surface area contributed by atoms with Crippen LogP contribution in [0.3, 0.4) is 0 Å². The lowest BCUT2D eigenvalue weighted by Crippen LogP contribution is -2.21. The molecule has 2 heterocycles. The second-order valence-electron chi connectivity index (χ2n) is 7.03. The summed E-state index contributed by atoms with van der Waals surface area (Å²) in [4.78, 5) is 11.3. The van der Waals surface area contributed by atoms with Gasteiger partial charge in [0.05, 0.1) is 0 Å². The predicted molar refractivity (Wildman–Crippen MR) is 116 cm³/mol. The van der Waals surface area contributed by atoms with Crippen LogP contribution in [0.15, 0.2) is 36.4 Å². The molecular formula is C21H27N7. The summed E-state index contributed by atoms with van der Waals surface area (Å²) in [5.41, 5.74) is 3.33. The van der Waals surface area contributed by atoms with E-state index < -0.39 is 0 Å². The van der Waals surface area contributed by atoms with Crippen molar-refractivity contribution < 1.29 is 0 Å². The summed E-state index contributed by atoms with van der Waals surface area (Å²) >= 11 is 0. The molecular weight excluding hydrogens is 350 g/mol. The van der Waals surface area contributed by atoms with Crippen molar-refractivity contribution in [1.82, 2.24) is 25.1 Å². The van der Waals surface area contributed by atoms with E-state index in [0.29, 0.717) is 11.6 Å². The van der Waals surface area contributed by atoms with Crippen molar-refractivity contribution in [1.29, 1.82) is 0 Å². The highest BCUT2D eigenvalue weighted by molar-refractivity contribution is 5.68. The minimum Gasteiger partial charge on any atom is -0.369 e. The number of aromatic amines is 1. The topological polar surface area (TPSA) is 81.8 Å². The van der Waals surface area contributed by atoms with Gasteiger partial charge in [-0.3, -0.25) is 5.10 Å². The Bertz CT molecular complexity index is 926. The first-order valence-electron chi connectivity index (χ1n) is 9.29. The fraction of sp³-hybridized carbons (Fsp3) is 0.286. The van der Waals surface area contributed by atoms with E-state index in [1.54, 1.807) is 0 Å². The molecule has 7 heteroatoms. The number of anilines is 3. The highest BCUT2D eigenvalue weighted by atomic mass is 15.2. The van der Waals surface area contributed by atoms with Crippen molar-refractivity contribution in [2.24, 2.45) is 0 Å². The van der Waals surface area contributed by atoms with E-state index in [9.17, 15) is 0 Å². The van der Waals surface area contributed by atoms with Crippen LogP contribution >= 0.6 is 0 Å². The highest BCUT2D eigenvalue weighted by Gasteiger charge is 2.06. The molecule has 0 aliphatic heterocycles. The minimum absolute atomic E-state index is 0.630. The molecule has 3 N–H and O–H groups in total. The minimum atomic E-state index is 0.630. The molecule has 0 atom stereocenters. The van der Waals surface area contributed by atoms with Crippen molar-refractivity contribution in [3.8, 4) is 0 Å². The van der Waals surface area contributed by atoms with Crippen LogP contribution in [0.2, 0.25) is 0 Å². The number of H-pyrrole nitrogens is 1. The molecule has 2 aromatic heterocycles. The Hall–Kier alpha value is -3.19. The molecule has 0 amide bonds. The maximum Gasteiger partial charge on any atom is 0.156 e. The zero-order valence-corrected chi connectivity index (χ0v) is 16.8. The normalized spacial score (nSPS) is 11.3. The Morgan fingerprint density at radius 1 is 0.964 bits per heavy atom. The molecule has 0 radical (unpaired) electrons. The number of aryl methyl sites for hydroxylation is 2. The second-order valence-corrected chi connectivity index (χ2v) is 7.03. The van der Waals surface area contributed by atoms with Gasteiger partial charge in [0.1, 0.15) is 11.6 Å². The van der Waals surface area contributed by atoms with Crippen LogP contribution in [0.4, 0.5) is 17.5 Å². The van der Waals surface area contributed by atoms with Gasteiger partial charge in [0, 0.05) is 30.9 Å². The lowest BCUT2D eigenvalue weighted by atomic mass is 10.1. The molecule has 0 fully saturated rings. The number of rotatable bonds is 8. The predicted octanol–water partition coefficient (Wildman–Crippen LogP) is 3.70. The molecule has 3 rings (SSSR count). The third kappa shape index (κ3) is 5.92. The van der Waals surface area contributed by atoms with E-state index in [-0.39, 0.29) is 0 Å². The van der Waals surface area contributed by atoms with Crippen LogP contribution in [0, 0.1) is 13.8 Å². The molecule has 0 spiro atoms. The summed E-state index contributed by atoms with van der Waals surface area (Å²) < 4.78 is 0. The Morgan fingerprint density at radius 2 is 1.71 bits per heavy atom. The van der Waals surface area contributed by atoms with Gasteiger partial charge in [-0.25, -0.2) is 9.97 Å². The lowest BCUT2D eigenvalue weighted by Gasteiger charge is -2.12. The molecule has 0 aliphatic carbocycles. The smallest absolute Gasteiger partial charge is 0.156 e. The second kappa shape index (κ2) is 9.14. The zero-order valence-electron chi connectivity index (χ0n) is 16.8. The Balaban J connectivity index is 1.81. The summed E-state index contributed by atoms with van der Waals surface area (Å²) in [6, 6.07) is 12.2. The van der Waals surface area contributed by atoms with E-state index in [4.69, 9.17) is 0 Å². The van der Waals surface area contributed by atoms with Crippen LogP contribution in [0.25, 0.3) is 12.2 Å². The van der Waals surface area contributed by atoms with Crippen LogP contribution in [-0.4, -0.2) is 52.3 Å².